The molecule has 0 saturated heterocycles. The number of aryl methyl sites for hydroxylation is 2. The Morgan fingerprint density at radius 3 is 2.62 bits per heavy atom. The van der Waals surface area contributed by atoms with Crippen LogP contribution in [0.1, 0.15) is 99.4 Å². The van der Waals surface area contributed by atoms with Gasteiger partial charge in [-0.25, -0.2) is 0 Å². The molecule has 1 amide bonds. The van der Waals surface area contributed by atoms with E-state index in [1.54, 1.807) is 0 Å². The minimum Gasteiger partial charge on any atom is -0.326 e. The molecule has 0 spiro atoms. The fourth-order valence-electron chi connectivity index (χ4n) is 5.25. The molecule has 0 aliphatic heterocycles. The van der Waals surface area contributed by atoms with Gasteiger partial charge in [-0.05, 0) is 75.8 Å². The lowest BCUT2D eigenvalue weighted by atomic mass is 9.71. The second-order valence-corrected chi connectivity index (χ2v) is 10.5. The fourth-order valence-corrected chi connectivity index (χ4v) is 5.25. The molecule has 1 aromatic heterocycles. The molecule has 2 fully saturated rings. The van der Waals surface area contributed by atoms with Gasteiger partial charge in [-0.2, -0.15) is 0 Å². The van der Waals surface area contributed by atoms with E-state index in [9.17, 15) is 4.79 Å². The number of hydrogen-bond acceptors (Lipinski definition) is 3. The zero-order valence-corrected chi connectivity index (χ0v) is 20.1. The van der Waals surface area contributed by atoms with E-state index in [0.717, 1.165) is 41.2 Å². The van der Waals surface area contributed by atoms with Gasteiger partial charge >= 0.3 is 0 Å². The first-order valence-corrected chi connectivity index (χ1v) is 12.3. The van der Waals surface area contributed by atoms with Gasteiger partial charge in [0.05, 0.1) is 0 Å². The fraction of sp³-hybridized carbons (Fsp3) is 0.593. The standard InChI is InChI=1S/C27H38N4O/c1-6-7-21(16-25(32)28-24-11-8-18(4)13-19(24)5)26-29-30-27(31(26)23-9-10-23)22-14-20(15-22)12-17(2)3/h6,8,11,13,17,20-23H,1,7,9-10,12,14-16H2,2-5H3,(H,28,32). The summed E-state index contributed by atoms with van der Waals surface area (Å²) in [5, 5.41) is 12.4. The van der Waals surface area contributed by atoms with Gasteiger partial charge in [0.25, 0.3) is 0 Å². The second-order valence-electron chi connectivity index (χ2n) is 10.5. The molecule has 2 aliphatic carbocycles. The molecule has 2 aromatic rings. The zero-order valence-electron chi connectivity index (χ0n) is 20.1. The average Bonchev–Trinajstić information content (AvgIpc) is 3.45. The van der Waals surface area contributed by atoms with Gasteiger partial charge in [0.1, 0.15) is 11.6 Å². The molecule has 4 rings (SSSR count). The van der Waals surface area contributed by atoms with Crippen LogP contribution in [0.5, 0.6) is 0 Å². The van der Waals surface area contributed by atoms with Gasteiger partial charge in [-0.1, -0.05) is 37.6 Å². The third-order valence-electron chi connectivity index (χ3n) is 6.97. The highest BCUT2D eigenvalue weighted by molar-refractivity contribution is 5.92. The van der Waals surface area contributed by atoms with Gasteiger partial charge in [-0.15, -0.1) is 16.8 Å². The van der Waals surface area contributed by atoms with Crippen LogP contribution in [0.2, 0.25) is 0 Å². The Balaban J connectivity index is 1.49. The van der Waals surface area contributed by atoms with E-state index in [1.165, 1.54) is 37.7 Å². The largest absolute Gasteiger partial charge is 0.326 e. The molecule has 0 bridgehead atoms. The van der Waals surface area contributed by atoms with Crippen LogP contribution >= 0.6 is 0 Å². The SMILES string of the molecule is C=CCC(CC(=O)Nc1ccc(C)cc1C)c1nnc(C2CC(CC(C)C)C2)n1C1CC1. The summed E-state index contributed by atoms with van der Waals surface area (Å²) in [6.07, 6.45) is 9.16. The minimum atomic E-state index is 0.00615. The van der Waals surface area contributed by atoms with E-state index < -0.39 is 0 Å². The van der Waals surface area contributed by atoms with Crippen molar-refractivity contribution in [3.05, 3.63) is 53.6 Å². The molecular weight excluding hydrogens is 396 g/mol. The van der Waals surface area contributed by atoms with E-state index in [2.05, 4.69) is 53.5 Å². The van der Waals surface area contributed by atoms with Gasteiger partial charge in [0.15, 0.2) is 0 Å². The summed E-state index contributed by atoms with van der Waals surface area (Å²) in [7, 11) is 0. The van der Waals surface area contributed by atoms with Crippen molar-refractivity contribution in [2.75, 3.05) is 5.32 Å². The first-order valence-electron chi connectivity index (χ1n) is 12.3. The van der Waals surface area contributed by atoms with Crippen LogP contribution < -0.4 is 5.32 Å². The number of hydrogen-bond donors (Lipinski definition) is 1. The average molecular weight is 435 g/mol. The third-order valence-corrected chi connectivity index (χ3v) is 6.97. The van der Waals surface area contributed by atoms with Crippen LogP contribution in [-0.2, 0) is 4.79 Å². The maximum atomic E-state index is 13.0. The van der Waals surface area contributed by atoms with E-state index in [0.29, 0.717) is 18.4 Å². The van der Waals surface area contributed by atoms with Crippen molar-refractivity contribution in [3.63, 3.8) is 0 Å². The maximum Gasteiger partial charge on any atom is 0.225 e. The Bertz CT molecular complexity index is 966. The summed E-state index contributed by atoms with van der Waals surface area (Å²) in [5.41, 5.74) is 3.16. The number of amides is 1. The quantitative estimate of drug-likeness (QED) is 0.437. The zero-order chi connectivity index (χ0) is 22.8. The predicted molar refractivity (Wildman–Crippen MR) is 130 cm³/mol. The predicted octanol–water partition coefficient (Wildman–Crippen LogP) is 6.46. The summed E-state index contributed by atoms with van der Waals surface area (Å²) in [5.74, 6) is 4.26. The van der Waals surface area contributed by atoms with Gasteiger partial charge in [-0.3, -0.25) is 4.79 Å². The molecule has 2 saturated carbocycles. The lowest BCUT2D eigenvalue weighted by Crippen LogP contribution is -2.26. The molecule has 32 heavy (non-hydrogen) atoms. The Labute approximate surface area is 192 Å². The maximum absolute atomic E-state index is 13.0. The molecule has 5 nitrogen and oxygen atoms in total. The molecular formula is C27H38N4O. The number of nitrogens with one attached hydrogen (secondary N) is 1. The number of nitrogens with zero attached hydrogens (tertiary/aromatic N) is 3. The number of allylic oxidation sites excluding steroid dienone is 1. The summed E-state index contributed by atoms with van der Waals surface area (Å²) < 4.78 is 2.40. The summed E-state index contributed by atoms with van der Waals surface area (Å²) in [4.78, 5) is 13.0. The normalized spacial score (nSPS) is 21.3. The highest BCUT2D eigenvalue weighted by Crippen LogP contribution is 2.48. The number of benzene rings is 1. The van der Waals surface area contributed by atoms with Crippen molar-refractivity contribution < 1.29 is 4.79 Å². The van der Waals surface area contributed by atoms with E-state index in [1.807, 2.05) is 25.1 Å². The van der Waals surface area contributed by atoms with Crippen LogP contribution in [0.3, 0.4) is 0 Å². The number of carbonyl (C=O) groups is 1. The first-order chi connectivity index (χ1) is 15.4. The van der Waals surface area contributed by atoms with Crippen LogP contribution in [-0.4, -0.2) is 20.7 Å². The third kappa shape index (κ3) is 5.13. The van der Waals surface area contributed by atoms with Gasteiger partial charge < -0.3 is 9.88 Å². The molecule has 2 aliphatic rings. The van der Waals surface area contributed by atoms with Crippen LogP contribution in [0.25, 0.3) is 0 Å². The number of rotatable bonds is 10. The van der Waals surface area contributed by atoms with E-state index >= 15 is 0 Å². The van der Waals surface area contributed by atoms with Crippen LogP contribution in [0.4, 0.5) is 5.69 Å². The highest BCUT2D eigenvalue weighted by atomic mass is 16.1. The summed E-state index contributed by atoms with van der Waals surface area (Å²) in [6.45, 7) is 12.7. The Hall–Kier alpha value is -2.43. The minimum absolute atomic E-state index is 0.00615. The van der Waals surface area contributed by atoms with Crippen molar-refractivity contribution in [3.8, 4) is 0 Å². The van der Waals surface area contributed by atoms with Crippen molar-refractivity contribution in [1.29, 1.82) is 0 Å². The molecule has 1 aromatic carbocycles. The topological polar surface area (TPSA) is 59.8 Å². The van der Waals surface area contributed by atoms with E-state index in [-0.39, 0.29) is 11.8 Å². The van der Waals surface area contributed by atoms with Crippen molar-refractivity contribution >= 4 is 11.6 Å². The molecule has 5 heteroatoms. The highest BCUT2D eigenvalue weighted by Gasteiger charge is 2.39. The lowest BCUT2D eigenvalue weighted by molar-refractivity contribution is -0.116. The van der Waals surface area contributed by atoms with Crippen LogP contribution in [0.15, 0.2) is 30.9 Å². The van der Waals surface area contributed by atoms with E-state index in [4.69, 9.17) is 0 Å². The van der Waals surface area contributed by atoms with Crippen molar-refractivity contribution in [2.24, 2.45) is 11.8 Å². The van der Waals surface area contributed by atoms with Gasteiger partial charge in [0, 0.05) is 30.0 Å². The second kappa shape index (κ2) is 9.60. The molecule has 1 atom stereocenters. The molecule has 1 unspecified atom stereocenters. The lowest BCUT2D eigenvalue weighted by Gasteiger charge is -2.36. The smallest absolute Gasteiger partial charge is 0.225 e. The molecule has 1 N–H and O–H groups in total. The number of carbonyl (C=O) groups excluding carboxylic acids is 1. The Kier molecular flexibility index (Phi) is 6.82. The number of aromatic nitrogens is 3. The van der Waals surface area contributed by atoms with Gasteiger partial charge in [0.2, 0.25) is 5.91 Å². The van der Waals surface area contributed by atoms with Crippen molar-refractivity contribution in [2.45, 2.75) is 90.5 Å². The first kappa shape index (κ1) is 22.8. The molecule has 1 heterocycles. The number of anilines is 1. The summed E-state index contributed by atoms with van der Waals surface area (Å²) >= 11 is 0. The monoisotopic (exact) mass is 434 g/mol. The van der Waals surface area contributed by atoms with Crippen molar-refractivity contribution in [1.82, 2.24) is 14.8 Å². The molecule has 172 valence electrons. The summed E-state index contributed by atoms with van der Waals surface area (Å²) in [6, 6.07) is 6.62. The Morgan fingerprint density at radius 2 is 2.00 bits per heavy atom. The van der Waals surface area contributed by atoms with Crippen LogP contribution in [0, 0.1) is 25.7 Å². The molecule has 0 radical (unpaired) electrons. The Morgan fingerprint density at radius 1 is 1.25 bits per heavy atom.